The SMILES string of the molecule is COC(=O)CCC1CCC(Oc2ccc(NC(=O)C(=O)OC)cn2)CC1. The zero-order chi connectivity index (χ0) is 18.9. The van der Waals surface area contributed by atoms with Gasteiger partial charge in [-0.2, -0.15) is 0 Å². The summed E-state index contributed by atoms with van der Waals surface area (Å²) in [5.74, 6) is -0.980. The first-order valence-corrected chi connectivity index (χ1v) is 8.60. The highest BCUT2D eigenvalue weighted by atomic mass is 16.5. The van der Waals surface area contributed by atoms with Gasteiger partial charge in [-0.1, -0.05) is 0 Å². The van der Waals surface area contributed by atoms with Gasteiger partial charge >= 0.3 is 17.8 Å². The molecule has 0 aromatic carbocycles. The lowest BCUT2D eigenvalue weighted by Crippen LogP contribution is -2.25. The highest BCUT2D eigenvalue weighted by Gasteiger charge is 2.23. The lowest BCUT2D eigenvalue weighted by atomic mass is 9.84. The molecule has 0 spiro atoms. The minimum Gasteiger partial charge on any atom is -0.474 e. The molecule has 0 saturated heterocycles. The molecular weight excluding hydrogens is 340 g/mol. The van der Waals surface area contributed by atoms with E-state index < -0.39 is 11.9 Å². The number of hydrogen-bond acceptors (Lipinski definition) is 7. The van der Waals surface area contributed by atoms with Crippen LogP contribution in [0.2, 0.25) is 0 Å². The highest BCUT2D eigenvalue weighted by molar-refractivity contribution is 6.37. The number of nitrogens with one attached hydrogen (secondary N) is 1. The summed E-state index contributed by atoms with van der Waals surface area (Å²) < 4.78 is 14.9. The number of carbonyl (C=O) groups is 3. The monoisotopic (exact) mass is 364 g/mol. The summed E-state index contributed by atoms with van der Waals surface area (Å²) in [4.78, 5) is 37.8. The maximum atomic E-state index is 11.4. The Morgan fingerprint density at radius 2 is 1.85 bits per heavy atom. The molecular formula is C18H24N2O6. The topological polar surface area (TPSA) is 104 Å². The van der Waals surface area contributed by atoms with Crippen molar-refractivity contribution in [3.8, 4) is 5.88 Å². The van der Waals surface area contributed by atoms with Gasteiger partial charge in [-0.25, -0.2) is 9.78 Å². The van der Waals surface area contributed by atoms with Gasteiger partial charge in [0.15, 0.2) is 0 Å². The van der Waals surface area contributed by atoms with E-state index in [2.05, 4.69) is 19.8 Å². The molecule has 1 aromatic heterocycles. The minimum absolute atomic E-state index is 0.0902. The molecule has 2 rings (SSSR count). The summed E-state index contributed by atoms with van der Waals surface area (Å²) in [6.45, 7) is 0. The first kappa shape index (κ1) is 19.7. The van der Waals surface area contributed by atoms with Crippen LogP contribution in [0.4, 0.5) is 5.69 Å². The van der Waals surface area contributed by atoms with Crippen LogP contribution >= 0.6 is 0 Å². The Hall–Kier alpha value is -2.64. The fourth-order valence-electron chi connectivity index (χ4n) is 2.93. The molecule has 1 fully saturated rings. The lowest BCUT2D eigenvalue weighted by molar-refractivity contribution is -0.150. The predicted molar refractivity (Wildman–Crippen MR) is 92.5 cm³/mol. The number of aromatic nitrogens is 1. The van der Waals surface area contributed by atoms with E-state index in [0.717, 1.165) is 39.2 Å². The number of esters is 2. The van der Waals surface area contributed by atoms with Crippen molar-refractivity contribution in [1.29, 1.82) is 0 Å². The number of ether oxygens (including phenoxy) is 3. The van der Waals surface area contributed by atoms with Gasteiger partial charge in [0, 0.05) is 12.5 Å². The highest BCUT2D eigenvalue weighted by Crippen LogP contribution is 2.30. The number of nitrogens with zero attached hydrogens (tertiary/aromatic N) is 1. The van der Waals surface area contributed by atoms with E-state index in [1.165, 1.54) is 13.3 Å². The van der Waals surface area contributed by atoms with Crippen LogP contribution in [0.25, 0.3) is 0 Å². The van der Waals surface area contributed by atoms with Gasteiger partial charge in [0.1, 0.15) is 6.10 Å². The zero-order valence-corrected chi connectivity index (χ0v) is 15.0. The number of methoxy groups -OCH3 is 2. The average molecular weight is 364 g/mol. The number of amides is 1. The molecule has 8 heteroatoms. The Labute approximate surface area is 152 Å². The molecule has 1 N–H and O–H groups in total. The molecule has 142 valence electrons. The Bertz CT molecular complexity index is 623. The quantitative estimate of drug-likeness (QED) is 0.609. The van der Waals surface area contributed by atoms with Gasteiger partial charge in [-0.15, -0.1) is 0 Å². The van der Waals surface area contributed by atoms with Gasteiger partial charge in [0.25, 0.3) is 0 Å². The van der Waals surface area contributed by atoms with E-state index >= 15 is 0 Å². The zero-order valence-electron chi connectivity index (χ0n) is 15.0. The van der Waals surface area contributed by atoms with E-state index in [1.807, 2.05) is 0 Å². The van der Waals surface area contributed by atoms with Crippen molar-refractivity contribution in [2.75, 3.05) is 19.5 Å². The summed E-state index contributed by atoms with van der Waals surface area (Å²) in [5.41, 5.74) is 0.388. The lowest BCUT2D eigenvalue weighted by Gasteiger charge is -2.28. The Kier molecular flexibility index (Phi) is 7.37. The molecule has 0 atom stereocenters. The molecule has 1 aromatic rings. The maximum Gasteiger partial charge on any atom is 0.396 e. The number of anilines is 1. The molecule has 0 radical (unpaired) electrons. The van der Waals surface area contributed by atoms with Crippen LogP contribution in [0, 0.1) is 5.92 Å². The third-order valence-corrected chi connectivity index (χ3v) is 4.43. The molecule has 0 unspecified atom stereocenters. The maximum absolute atomic E-state index is 11.4. The van der Waals surface area contributed by atoms with Crippen LogP contribution in [0.3, 0.4) is 0 Å². The molecule has 1 aliphatic rings. The Morgan fingerprint density at radius 3 is 2.42 bits per heavy atom. The fraction of sp³-hybridized carbons (Fsp3) is 0.556. The third kappa shape index (κ3) is 6.02. The molecule has 1 amide bonds. The minimum atomic E-state index is -0.964. The molecule has 1 aliphatic carbocycles. The van der Waals surface area contributed by atoms with Crippen molar-refractivity contribution in [1.82, 2.24) is 4.98 Å². The summed E-state index contributed by atoms with van der Waals surface area (Å²) in [6, 6.07) is 3.27. The van der Waals surface area contributed by atoms with Crippen molar-refractivity contribution in [2.24, 2.45) is 5.92 Å². The van der Waals surface area contributed by atoms with Crippen molar-refractivity contribution in [3.63, 3.8) is 0 Å². The molecule has 1 saturated carbocycles. The van der Waals surface area contributed by atoms with Crippen LogP contribution in [0.5, 0.6) is 5.88 Å². The van der Waals surface area contributed by atoms with Crippen LogP contribution in [-0.2, 0) is 23.9 Å². The Morgan fingerprint density at radius 1 is 1.12 bits per heavy atom. The van der Waals surface area contributed by atoms with Crippen molar-refractivity contribution in [2.45, 2.75) is 44.6 Å². The molecule has 0 bridgehead atoms. The summed E-state index contributed by atoms with van der Waals surface area (Å²) in [5, 5.41) is 2.39. The average Bonchev–Trinajstić information content (AvgIpc) is 2.67. The van der Waals surface area contributed by atoms with Gasteiger partial charge in [-0.3, -0.25) is 9.59 Å². The number of carbonyl (C=O) groups excluding carboxylic acids is 3. The first-order valence-electron chi connectivity index (χ1n) is 8.60. The smallest absolute Gasteiger partial charge is 0.396 e. The normalized spacial score (nSPS) is 19.3. The standard InChI is InChI=1S/C18H24N2O6/c1-24-16(21)10-5-12-3-7-14(8-4-12)26-15-9-6-13(11-19-15)20-17(22)18(23)25-2/h6,9,11-12,14H,3-5,7-8,10H2,1-2H3,(H,20,22). The van der Waals surface area contributed by atoms with Crippen molar-refractivity contribution >= 4 is 23.5 Å². The number of pyridine rings is 1. The molecule has 26 heavy (non-hydrogen) atoms. The fourth-order valence-corrected chi connectivity index (χ4v) is 2.93. The summed E-state index contributed by atoms with van der Waals surface area (Å²) in [7, 11) is 2.55. The third-order valence-electron chi connectivity index (χ3n) is 4.43. The first-order chi connectivity index (χ1) is 12.5. The Balaban J connectivity index is 1.75. The van der Waals surface area contributed by atoms with Crippen molar-refractivity contribution in [3.05, 3.63) is 18.3 Å². The van der Waals surface area contributed by atoms with Crippen LogP contribution in [-0.4, -0.2) is 43.2 Å². The van der Waals surface area contributed by atoms with Gasteiger partial charge < -0.3 is 19.5 Å². The second-order valence-corrected chi connectivity index (χ2v) is 6.21. The van der Waals surface area contributed by atoms with E-state index in [0.29, 0.717) is 23.9 Å². The van der Waals surface area contributed by atoms with E-state index in [9.17, 15) is 14.4 Å². The molecule has 8 nitrogen and oxygen atoms in total. The second-order valence-electron chi connectivity index (χ2n) is 6.21. The van der Waals surface area contributed by atoms with Gasteiger partial charge in [0.2, 0.25) is 5.88 Å². The second kappa shape index (κ2) is 9.74. The van der Waals surface area contributed by atoms with Gasteiger partial charge in [-0.05, 0) is 44.1 Å². The molecule has 1 heterocycles. The predicted octanol–water partition coefficient (Wildman–Crippen LogP) is 2.08. The van der Waals surface area contributed by atoms with Crippen molar-refractivity contribution < 1.29 is 28.6 Å². The summed E-state index contributed by atoms with van der Waals surface area (Å²) >= 11 is 0. The number of hydrogen-bond donors (Lipinski definition) is 1. The van der Waals surface area contributed by atoms with E-state index in [4.69, 9.17) is 4.74 Å². The van der Waals surface area contributed by atoms with E-state index in [1.54, 1.807) is 12.1 Å². The number of rotatable bonds is 6. The van der Waals surface area contributed by atoms with E-state index in [-0.39, 0.29) is 12.1 Å². The van der Waals surface area contributed by atoms with Crippen LogP contribution in [0.15, 0.2) is 18.3 Å². The largest absolute Gasteiger partial charge is 0.474 e. The van der Waals surface area contributed by atoms with Crippen LogP contribution in [0.1, 0.15) is 38.5 Å². The van der Waals surface area contributed by atoms with Gasteiger partial charge in [0.05, 0.1) is 26.1 Å². The van der Waals surface area contributed by atoms with Crippen LogP contribution < -0.4 is 10.1 Å². The molecule has 0 aliphatic heterocycles. The summed E-state index contributed by atoms with van der Waals surface area (Å²) in [6.07, 6.45) is 6.68.